The minimum Gasteiger partial charge on any atom is -0.354 e. The summed E-state index contributed by atoms with van der Waals surface area (Å²) in [5.41, 5.74) is 1.04. The lowest BCUT2D eigenvalue weighted by Crippen LogP contribution is -2.26. The van der Waals surface area contributed by atoms with Crippen molar-refractivity contribution in [2.75, 3.05) is 18.4 Å². The third kappa shape index (κ3) is 1.96. The van der Waals surface area contributed by atoms with Crippen LogP contribution in [0.25, 0.3) is 0 Å². The molecule has 1 aliphatic rings. The second kappa shape index (κ2) is 3.84. The van der Waals surface area contributed by atoms with E-state index in [1.807, 2.05) is 13.0 Å². The molecule has 0 saturated heterocycles. The largest absolute Gasteiger partial charge is 0.354 e. The van der Waals surface area contributed by atoms with Crippen molar-refractivity contribution < 1.29 is 0 Å². The number of aliphatic imine (C=N–C) groups is 1. The minimum absolute atomic E-state index is 0.612. The molecule has 0 amide bonds. The van der Waals surface area contributed by atoms with Gasteiger partial charge in [0.2, 0.25) is 0 Å². The van der Waals surface area contributed by atoms with Crippen LogP contribution >= 0.6 is 11.6 Å². The van der Waals surface area contributed by atoms with Crippen LogP contribution in [-0.2, 0) is 0 Å². The van der Waals surface area contributed by atoms with Gasteiger partial charge in [-0.3, -0.25) is 4.99 Å². The number of aryl methyl sites for hydroxylation is 1. The fourth-order valence-electron chi connectivity index (χ4n) is 1.22. The van der Waals surface area contributed by atoms with Crippen LogP contribution in [0, 0.1) is 6.92 Å². The normalized spacial score (nSPS) is 14.9. The van der Waals surface area contributed by atoms with Gasteiger partial charge in [0.05, 0.1) is 11.6 Å². The molecule has 1 aliphatic heterocycles. The number of nitrogens with one attached hydrogen (secondary N) is 2. The Morgan fingerprint density at radius 1 is 1.57 bits per heavy atom. The molecule has 14 heavy (non-hydrogen) atoms. The van der Waals surface area contributed by atoms with Crippen molar-refractivity contribution in [2.24, 2.45) is 4.99 Å². The number of nitrogens with zero attached hydrogens (tertiary/aromatic N) is 2. The van der Waals surface area contributed by atoms with Gasteiger partial charge in [-0.25, -0.2) is 4.98 Å². The van der Waals surface area contributed by atoms with Crippen LogP contribution in [-0.4, -0.2) is 24.0 Å². The Morgan fingerprint density at radius 2 is 2.43 bits per heavy atom. The van der Waals surface area contributed by atoms with Crippen molar-refractivity contribution >= 4 is 23.4 Å². The summed E-state index contributed by atoms with van der Waals surface area (Å²) < 4.78 is 0. The number of aromatic nitrogens is 1. The second-order valence-electron chi connectivity index (χ2n) is 3.13. The highest BCUT2D eigenvalue weighted by atomic mass is 35.5. The van der Waals surface area contributed by atoms with Gasteiger partial charge in [-0.05, 0) is 18.6 Å². The van der Waals surface area contributed by atoms with Crippen LogP contribution in [0.4, 0.5) is 5.82 Å². The van der Waals surface area contributed by atoms with Crippen LogP contribution in [0.3, 0.4) is 0 Å². The van der Waals surface area contributed by atoms with Crippen LogP contribution in [0.1, 0.15) is 5.56 Å². The maximum Gasteiger partial charge on any atom is 0.197 e. The first-order valence-electron chi connectivity index (χ1n) is 4.43. The van der Waals surface area contributed by atoms with Crippen molar-refractivity contribution in [3.63, 3.8) is 0 Å². The summed E-state index contributed by atoms with van der Waals surface area (Å²) in [6.07, 6.45) is 1.77. The van der Waals surface area contributed by atoms with Gasteiger partial charge in [0.1, 0.15) is 0 Å². The molecule has 1 aromatic rings. The third-order valence-corrected chi connectivity index (χ3v) is 2.18. The molecule has 74 valence electrons. The number of hydrogen-bond donors (Lipinski definition) is 2. The van der Waals surface area contributed by atoms with Crippen molar-refractivity contribution in [2.45, 2.75) is 6.92 Å². The number of anilines is 1. The molecule has 0 radical (unpaired) electrons. The maximum absolute atomic E-state index is 6.00. The minimum atomic E-state index is 0.612. The molecular formula is C9H11ClN4. The van der Waals surface area contributed by atoms with Gasteiger partial charge in [-0.15, -0.1) is 0 Å². The van der Waals surface area contributed by atoms with Crippen molar-refractivity contribution in [3.8, 4) is 0 Å². The van der Waals surface area contributed by atoms with Gasteiger partial charge < -0.3 is 10.6 Å². The number of pyridine rings is 1. The summed E-state index contributed by atoms with van der Waals surface area (Å²) >= 11 is 6.00. The van der Waals surface area contributed by atoms with E-state index in [1.165, 1.54) is 0 Å². The van der Waals surface area contributed by atoms with E-state index < -0.39 is 0 Å². The third-order valence-electron chi connectivity index (χ3n) is 1.89. The SMILES string of the molecule is Cc1cnc(NC2=NCCN2)c(Cl)c1. The molecule has 0 aromatic carbocycles. The van der Waals surface area contributed by atoms with Gasteiger partial charge in [0.15, 0.2) is 11.8 Å². The Labute approximate surface area is 87.4 Å². The van der Waals surface area contributed by atoms with E-state index in [0.717, 1.165) is 24.6 Å². The quantitative estimate of drug-likeness (QED) is 0.737. The van der Waals surface area contributed by atoms with Gasteiger partial charge >= 0.3 is 0 Å². The number of halogens is 1. The van der Waals surface area contributed by atoms with Gasteiger partial charge in [0, 0.05) is 12.7 Å². The van der Waals surface area contributed by atoms with E-state index in [0.29, 0.717) is 10.8 Å². The predicted octanol–water partition coefficient (Wildman–Crippen LogP) is 1.41. The zero-order valence-electron chi connectivity index (χ0n) is 7.84. The highest BCUT2D eigenvalue weighted by molar-refractivity contribution is 6.33. The lowest BCUT2D eigenvalue weighted by Gasteiger charge is -2.07. The van der Waals surface area contributed by atoms with Crippen LogP contribution in [0.15, 0.2) is 17.3 Å². The van der Waals surface area contributed by atoms with E-state index in [9.17, 15) is 0 Å². The number of guanidine groups is 1. The monoisotopic (exact) mass is 210 g/mol. The first kappa shape index (κ1) is 9.27. The molecule has 5 heteroatoms. The van der Waals surface area contributed by atoms with E-state index in [4.69, 9.17) is 11.6 Å². The first-order chi connectivity index (χ1) is 6.75. The predicted molar refractivity (Wildman–Crippen MR) is 57.9 cm³/mol. The topological polar surface area (TPSA) is 49.3 Å². The molecule has 2 heterocycles. The molecule has 0 unspecified atom stereocenters. The smallest absolute Gasteiger partial charge is 0.197 e. The maximum atomic E-state index is 6.00. The molecule has 4 nitrogen and oxygen atoms in total. The average molecular weight is 211 g/mol. The Bertz CT molecular complexity index is 375. The standard InChI is InChI=1S/C9H11ClN4/c1-6-4-7(10)8(13-5-6)14-9-11-2-3-12-9/h4-5H,2-3H2,1H3,(H2,11,12,13,14). The number of rotatable bonds is 1. The zero-order valence-corrected chi connectivity index (χ0v) is 8.60. The molecule has 0 saturated carbocycles. The zero-order chi connectivity index (χ0) is 9.97. The number of hydrogen-bond acceptors (Lipinski definition) is 4. The average Bonchev–Trinajstić information content (AvgIpc) is 2.62. The molecule has 0 atom stereocenters. The summed E-state index contributed by atoms with van der Waals surface area (Å²) in [6.45, 7) is 3.62. The Hall–Kier alpha value is -1.29. The van der Waals surface area contributed by atoms with Gasteiger partial charge in [0.25, 0.3) is 0 Å². The summed E-state index contributed by atoms with van der Waals surface area (Å²) in [4.78, 5) is 8.37. The van der Waals surface area contributed by atoms with Crippen molar-refractivity contribution in [1.29, 1.82) is 0 Å². The lowest BCUT2D eigenvalue weighted by atomic mass is 10.3. The molecule has 0 aliphatic carbocycles. The van der Waals surface area contributed by atoms with E-state index in [1.54, 1.807) is 6.20 Å². The summed E-state index contributed by atoms with van der Waals surface area (Å²) in [5, 5.41) is 6.73. The lowest BCUT2D eigenvalue weighted by molar-refractivity contribution is 0.958. The highest BCUT2D eigenvalue weighted by Crippen LogP contribution is 2.19. The van der Waals surface area contributed by atoms with Gasteiger partial charge in [-0.2, -0.15) is 0 Å². The Kier molecular flexibility index (Phi) is 2.54. The van der Waals surface area contributed by atoms with E-state index in [2.05, 4.69) is 20.6 Å². The highest BCUT2D eigenvalue weighted by Gasteiger charge is 2.08. The second-order valence-corrected chi connectivity index (χ2v) is 3.53. The molecule has 0 spiro atoms. The summed E-state index contributed by atoms with van der Waals surface area (Å²) in [7, 11) is 0. The van der Waals surface area contributed by atoms with Crippen molar-refractivity contribution in [3.05, 3.63) is 22.8 Å². The Morgan fingerprint density at radius 3 is 3.07 bits per heavy atom. The summed E-state index contributed by atoms with van der Waals surface area (Å²) in [5.74, 6) is 1.38. The molecular weight excluding hydrogens is 200 g/mol. The molecule has 0 fully saturated rings. The van der Waals surface area contributed by atoms with E-state index >= 15 is 0 Å². The molecule has 2 N–H and O–H groups in total. The van der Waals surface area contributed by atoms with Crippen molar-refractivity contribution in [1.82, 2.24) is 10.3 Å². The molecule has 2 rings (SSSR count). The van der Waals surface area contributed by atoms with Crippen LogP contribution < -0.4 is 10.6 Å². The van der Waals surface area contributed by atoms with Gasteiger partial charge in [-0.1, -0.05) is 11.6 Å². The molecule has 0 bridgehead atoms. The molecule has 1 aromatic heterocycles. The summed E-state index contributed by atoms with van der Waals surface area (Å²) in [6, 6.07) is 1.87. The first-order valence-corrected chi connectivity index (χ1v) is 4.81. The Balaban J connectivity index is 2.16. The van der Waals surface area contributed by atoms with Crippen LogP contribution in [0.5, 0.6) is 0 Å². The van der Waals surface area contributed by atoms with E-state index in [-0.39, 0.29) is 0 Å². The fraction of sp³-hybridized carbons (Fsp3) is 0.333. The van der Waals surface area contributed by atoms with Crippen LogP contribution in [0.2, 0.25) is 5.02 Å². The fourth-order valence-corrected chi connectivity index (χ4v) is 1.49.